The monoisotopic (exact) mass is 277 g/mol. The van der Waals surface area contributed by atoms with E-state index in [2.05, 4.69) is 22.6 Å². The second-order valence-corrected chi connectivity index (χ2v) is 3.42. The second-order valence-electron chi connectivity index (χ2n) is 2.34. The van der Waals surface area contributed by atoms with E-state index in [1.807, 2.05) is 0 Å². The van der Waals surface area contributed by atoms with Crippen LogP contribution >= 0.6 is 22.6 Å². The molecule has 0 N–H and O–H groups in total. The molecule has 0 spiro atoms. The van der Waals surface area contributed by atoms with Crippen LogP contribution in [0.3, 0.4) is 0 Å². The van der Waals surface area contributed by atoms with Crippen molar-refractivity contribution in [3.05, 3.63) is 24.3 Å². The lowest BCUT2D eigenvalue weighted by Crippen LogP contribution is -2.01. The zero-order chi connectivity index (χ0) is 8.81. The van der Waals surface area contributed by atoms with Gasteiger partial charge in [-0.05, 0) is 12.5 Å². The van der Waals surface area contributed by atoms with Gasteiger partial charge in [-0.25, -0.2) is 0 Å². The summed E-state index contributed by atoms with van der Waals surface area (Å²) in [5.74, 6) is 0.424. The Balaban J connectivity index is 2.46. The quantitative estimate of drug-likeness (QED) is 0.479. The van der Waals surface area contributed by atoms with Gasteiger partial charge in [0.25, 0.3) is 0 Å². The number of ether oxygens (including phenoxy) is 1. The van der Waals surface area contributed by atoms with Crippen molar-refractivity contribution in [2.24, 2.45) is 0 Å². The molecule has 1 rings (SSSR count). The Kier molecular flexibility index (Phi) is 4.21. The molecule has 0 fully saturated rings. The Morgan fingerprint density at radius 1 is 1.33 bits per heavy atom. The average molecular weight is 277 g/mol. The zero-order valence-electron chi connectivity index (χ0n) is 6.63. The molecule has 0 heterocycles. The molecular formula is C9H10IO2-. The number of benzene rings is 1. The first-order valence-corrected chi connectivity index (χ1v) is 5.32. The number of alkyl halides is 1. The smallest absolute Gasteiger partial charge is 0.111 e. The molecule has 12 heavy (non-hydrogen) atoms. The lowest BCUT2D eigenvalue weighted by molar-refractivity contribution is -0.270. The summed E-state index contributed by atoms with van der Waals surface area (Å²) in [7, 11) is 0. The van der Waals surface area contributed by atoms with Gasteiger partial charge < -0.3 is 9.84 Å². The van der Waals surface area contributed by atoms with Gasteiger partial charge in [-0.2, -0.15) is 0 Å². The van der Waals surface area contributed by atoms with Crippen LogP contribution in [0, 0.1) is 0 Å². The zero-order valence-corrected chi connectivity index (χ0v) is 8.78. The van der Waals surface area contributed by atoms with E-state index in [1.54, 1.807) is 18.2 Å². The fraction of sp³-hybridized carbons (Fsp3) is 0.333. The van der Waals surface area contributed by atoms with Crippen LogP contribution in [0.5, 0.6) is 11.5 Å². The molecular weight excluding hydrogens is 267 g/mol. The molecule has 0 amide bonds. The maximum atomic E-state index is 11.1. The SMILES string of the molecule is [O-]c1ccccc1OCCCI. The maximum Gasteiger partial charge on any atom is 0.111 e. The second kappa shape index (κ2) is 5.24. The van der Waals surface area contributed by atoms with Gasteiger partial charge in [-0.3, -0.25) is 0 Å². The molecule has 0 radical (unpaired) electrons. The number of hydrogen-bond acceptors (Lipinski definition) is 2. The van der Waals surface area contributed by atoms with E-state index < -0.39 is 0 Å². The van der Waals surface area contributed by atoms with Gasteiger partial charge in [0.05, 0.1) is 6.61 Å². The van der Waals surface area contributed by atoms with Crippen LogP contribution in [-0.4, -0.2) is 11.0 Å². The summed E-state index contributed by atoms with van der Waals surface area (Å²) >= 11 is 2.28. The Morgan fingerprint density at radius 2 is 2.08 bits per heavy atom. The highest BCUT2D eigenvalue weighted by atomic mass is 127. The number of halogens is 1. The van der Waals surface area contributed by atoms with Crippen molar-refractivity contribution >= 4 is 22.6 Å². The normalized spacial score (nSPS) is 9.75. The van der Waals surface area contributed by atoms with Crippen molar-refractivity contribution in [2.75, 3.05) is 11.0 Å². The Morgan fingerprint density at radius 3 is 2.75 bits per heavy atom. The number of hydrogen-bond donors (Lipinski definition) is 0. The summed E-state index contributed by atoms with van der Waals surface area (Å²) in [5.41, 5.74) is 0. The third-order valence-electron chi connectivity index (χ3n) is 1.38. The summed E-state index contributed by atoms with van der Waals surface area (Å²) in [6.45, 7) is 0.627. The molecule has 2 nitrogen and oxygen atoms in total. The van der Waals surface area contributed by atoms with E-state index in [4.69, 9.17) is 4.74 Å². The summed E-state index contributed by atoms with van der Waals surface area (Å²) in [4.78, 5) is 0. The Bertz CT molecular complexity index is 238. The van der Waals surface area contributed by atoms with E-state index in [0.717, 1.165) is 10.8 Å². The van der Waals surface area contributed by atoms with Crippen molar-refractivity contribution in [2.45, 2.75) is 6.42 Å². The minimum atomic E-state index is -0.0361. The molecule has 0 aliphatic rings. The van der Waals surface area contributed by atoms with Crippen LogP contribution in [0.15, 0.2) is 24.3 Å². The molecule has 0 atom stereocenters. The molecule has 0 saturated carbocycles. The first-order chi connectivity index (χ1) is 5.84. The van der Waals surface area contributed by atoms with Crippen molar-refractivity contribution in [3.63, 3.8) is 0 Å². The van der Waals surface area contributed by atoms with E-state index in [9.17, 15) is 5.11 Å². The summed E-state index contributed by atoms with van der Waals surface area (Å²) in [5, 5.41) is 11.1. The third-order valence-corrected chi connectivity index (χ3v) is 2.15. The molecule has 0 saturated heterocycles. The van der Waals surface area contributed by atoms with Crippen molar-refractivity contribution < 1.29 is 9.84 Å². The van der Waals surface area contributed by atoms with E-state index in [0.29, 0.717) is 12.4 Å². The van der Waals surface area contributed by atoms with E-state index >= 15 is 0 Å². The first-order valence-electron chi connectivity index (χ1n) is 3.79. The molecule has 1 aromatic rings. The van der Waals surface area contributed by atoms with Gasteiger partial charge in [0, 0.05) is 4.43 Å². The summed E-state index contributed by atoms with van der Waals surface area (Å²) in [6, 6.07) is 6.74. The molecule has 0 bridgehead atoms. The number of rotatable bonds is 4. The molecule has 3 heteroatoms. The summed E-state index contributed by atoms with van der Waals surface area (Å²) < 4.78 is 6.31. The fourth-order valence-electron chi connectivity index (χ4n) is 0.806. The molecule has 66 valence electrons. The van der Waals surface area contributed by atoms with Gasteiger partial charge in [0.1, 0.15) is 5.75 Å². The van der Waals surface area contributed by atoms with E-state index in [1.165, 1.54) is 6.07 Å². The highest BCUT2D eigenvalue weighted by Gasteiger charge is 1.91. The first kappa shape index (κ1) is 9.64. The van der Waals surface area contributed by atoms with Crippen LogP contribution in [0.2, 0.25) is 0 Å². The highest BCUT2D eigenvalue weighted by Crippen LogP contribution is 2.21. The minimum absolute atomic E-state index is 0.0361. The van der Waals surface area contributed by atoms with Gasteiger partial charge in [-0.1, -0.05) is 46.5 Å². The van der Waals surface area contributed by atoms with Crippen LogP contribution in [0.25, 0.3) is 0 Å². The molecule has 0 unspecified atom stereocenters. The average Bonchev–Trinajstić information content (AvgIpc) is 2.09. The Labute approximate surface area is 85.7 Å². The third kappa shape index (κ3) is 2.89. The molecule has 0 aliphatic heterocycles. The van der Waals surface area contributed by atoms with Crippen molar-refractivity contribution in [3.8, 4) is 11.5 Å². The molecule has 0 aromatic heterocycles. The predicted octanol–water partition coefficient (Wildman–Crippen LogP) is 1.96. The van der Waals surface area contributed by atoms with Crippen LogP contribution in [0.4, 0.5) is 0 Å². The molecule has 0 aliphatic carbocycles. The van der Waals surface area contributed by atoms with Crippen LogP contribution in [-0.2, 0) is 0 Å². The van der Waals surface area contributed by atoms with Crippen LogP contribution in [0.1, 0.15) is 6.42 Å². The largest absolute Gasteiger partial charge is 0.870 e. The predicted molar refractivity (Wildman–Crippen MR) is 54.9 cm³/mol. The maximum absolute atomic E-state index is 11.1. The molecule has 1 aromatic carbocycles. The minimum Gasteiger partial charge on any atom is -0.870 e. The van der Waals surface area contributed by atoms with Gasteiger partial charge in [0.15, 0.2) is 0 Å². The Hall–Kier alpha value is -0.450. The van der Waals surface area contributed by atoms with Gasteiger partial charge in [0.2, 0.25) is 0 Å². The standard InChI is InChI=1S/C9H11IO2/c10-6-3-7-12-9-5-2-1-4-8(9)11/h1-2,4-5,11H,3,6-7H2/p-1. The summed E-state index contributed by atoms with van der Waals surface area (Å²) in [6.07, 6.45) is 0.981. The lowest BCUT2D eigenvalue weighted by atomic mass is 10.3. The topological polar surface area (TPSA) is 32.3 Å². The van der Waals surface area contributed by atoms with Crippen LogP contribution < -0.4 is 9.84 Å². The van der Waals surface area contributed by atoms with E-state index in [-0.39, 0.29) is 5.75 Å². The highest BCUT2D eigenvalue weighted by molar-refractivity contribution is 14.1. The van der Waals surface area contributed by atoms with Gasteiger partial charge in [-0.15, -0.1) is 0 Å². The fourth-order valence-corrected chi connectivity index (χ4v) is 1.12. The lowest BCUT2D eigenvalue weighted by Gasteiger charge is -2.13. The van der Waals surface area contributed by atoms with Crippen molar-refractivity contribution in [1.29, 1.82) is 0 Å². The number of para-hydroxylation sites is 2. The van der Waals surface area contributed by atoms with Gasteiger partial charge >= 0.3 is 0 Å². The van der Waals surface area contributed by atoms with Crippen molar-refractivity contribution in [1.82, 2.24) is 0 Å².